The minimum absolute atomic E-state index is 0.0491. The summed E-state index contributed by atoms with van der Waals surface area (Å²) in [6, 6.07) is 6.26. The number of nitrogens with zero attached hydrogens (tertiary/aromatic N) is 5. The maximum atomic E-state index is 13.5. The van der Waals surface area contributed by atoms with Gasteiger partial charge in [0.1, 0.15) is 5.82 Å². The van der Waals surface area contributed by atoms with E-state index in [-0.39, 0.29) is 29.4 Å². The normalized spacial score (nSPS) is 18.7. The maximum Gasteiger partial charge on any atom is 0.239 e. The number of piperidine rings is 1. The zero-order valence-corrected chi connectivity index (χ0v) is 17.9. The quantitative estimate of drug-likeness (QED) is 0.654. The van der Waals surface area contributed by atoms with Crippen LogP contribution in [0.25, 0.3) is 5.69 Å². The number of rotatable bonds is 6. The van der Waals surface area contributed by atoms with Gasteiger partial charge in [-0.3, -0.25) is 24.0 Å². The number of hydrogen-bond donors (Lipinski definition) is 0. The van der Waals surface area contributed by atoms with Gasteiger partial charge in [-0.05, 0) is 63.5 Å². The lowest BCUT2D eigenvalue weighted by atomic mass is 10.1. The molecule has 4 rings (SSSR count). The highest BCUT2D eigenvalue weighted by atomic mass is 32.2. The maximum absolute atomic E-state index is 13.5. The Morgan fingerprint density at radius 2 is 1.83 bits per heavy atom. The van der Waals surface area contributed by atoms with E-state index < -0.39 is 0 Å². The van der Waals surface area contributed by atoms with Crippen molar-refractivity contribution in [2.24, 2.45) is 0 Å². The van der Waals surface area contributed by atoms with E-state index in [1.165, 1.54) is 35.2 Å². The second kappa shape index (κ2) is 9.26. The first-order valence-corrected chi connectivity index (χ1v) is 11.4. The molecule has 2 aromatic rings. The third kappa shape index (κ3) is 4.41. The van der Waals surface area contributed by atoms with Crippen molar-refractivity contribution < 1.29 is 14.0 Å². The summed E-state index contributed by atoms with van der Waals surface area (Å²) in [5.41, 5.74) is 0.757. The van der Waals surface area contributed by atoms with Crippen LogP contribution in [-0.4, -0.2) is 61.8 Å². The van der Waals surface area contributed by atoms with E-state index >= 15 is 0 Å². The van der Waals surface area contributed by atoms with Gasteiger partial charge in [0.15, 0.2) is 11.0 Å². The molecule has 2 amide bonds. The van der Waals surface area contributed by atoms with Crippen LogP contribution in [0.1, 0.15) is 50.9 Å². The number of benzene rings is 1. The van der Waals surface area contributed by atoms with Gasteiger partial charge in [-0.2, -0.15) is 0 Å². The Kier molecular flexibility index (Phi) is 6.48. The second-order valence-corrected chi connectivity index (χ2v) is 8.70. The summed E-state index contributed by atoms with van der Waals surface area (Å²) in [5.74, 6) is 0.260. The Balaban J connectivity index is 1.59. The van der Waals surface area contributed by atoms with Crippen LogP contribution in [-0.2, 0) is 9.59 Å². The molecule has 0 radical (unpaired) electrons. The first-order chi connectivity index (χ1) is 14.5. The van der Waals surface area contributed by atoms with Crippen LogP contribution in [0.15, 0.2) is 29.4 Å². The van der Waals surface area contributed by atoms with Crippen LogP contribution < -0.4 is 0 Å². The average molecular weight is 432 g/mol. The molecule has 2 aliphatic heterocycles. The van der Waals surface area contributed by atoms with E-state index in [1.54, 1.807) is 12.1 Å². The van der Waals surface area contributed by atoms with Crippen molar-refractivity contribution in [3.63, 3.8) is 0 Å². The minimum atomic E-state index is -0.311. The topological polar surface area (TPSA) is 71.3 Å². The van der Waals surface area contributed by atoms with E-state index in [1.807, 2.05) is 4.57 Å². The van der Waals surface area contributed by atoms with E-state index in [0.29, 0.717) is 18.1 Å². The molecule has 160 valence electrons. The Morgan fingerprint density at radius 3 is 2.50 bits per heavy atom. The molecule has 3 heterocycles. The monoisotopic (exact) mass is 431 g/mol. The number of aromatic nitrogens is 3. The number of thioether (sulfide) groups is 1. The van der Waals surface area contributed by atoms with Crippen molar-refractivity contribution in [2.75, 3.05) is 25.4 Å². The first kappa shape index (κ1) is 21.0. The third-order valence-electron chi connectivity index (χ3n) is 5.75. The molecule has 30 heavy (non-hydrogen) atoms. The van der Waals surface area contributed by atoms with Crippen molar-refractivity contribution in [3.8, 4) is 5.69 Å². The Labute approximate surface area is 179 Å². The minimum Gasteiger partial charge on any atom is -0.294 e. The Hall–Kier alpha value is -2.26. The van der Waals surface area contributed by atoms with Crippen LogP contribution in [0.4, 0.5) is 4.39 Å². The Bertz CT molecular complexity index is 911. The fourth-order valence-corrected chi connectivity index (χ4v) is 4.90. The van der Waals surface area contributed by atoms with Gasteiger partial charge in [0.2, 0.25) is 11.8 Å². The van der Waals surface area contributed by atoms with Gasteiger partial charge in [-0.25, -0.2) is 4.39 Å². The van der Waals surface area contributed by atoms with Crippen molar-refractivity contribution in [1.82, 2.24) is 24.6 Å². The molecule has 0 N–H and O–H groups in total. The van der Waals surface area contributed by atoms with E-state index in [4.69, 9.17) is 0 Å². The van der Waals surface area contributed by atoms with E-state index in [2.05, 4.69) is 22.0 Å². The SMILES string of the molecule is C[C@@H](c1nnc(SCC(=O)N2CCCC2=O)n1-c1ccc(F)cc1)N1CCCCC1. The second-order valence-electron chi connectivity index (χ2n) is 7.76. The summed E-state index contributed by atoms with van der Waals surface area (Å²) in [7, 11) is 0. The number of likely N-dealkylation sites (tertiary alicyclic amines) is 2. The largest absolute Gasteiger partial charge is 0.294 e. The van der Waals surface area contributed by atoms with Gasteiger partial charge in [0.05, 0.1) is 11.8 Å². The molecule has 2 saturated heterocycles. The molecule has 1 atom stereocenters. The predicted molar refractivity (Wildman–Crippen MR) is 112 cm³/mol. The lowest BCUT2D eigenvalue weighted by molar-refractivity contribution is -0.140. The number of amides is 2. The fourth-order valence-electron chi connectivity index (χ4n) is 4.06. The molecule has 7 nitrogen and oxygen atoms in total. The highest BCUT2D eigenvalue weighted by molar-refractivity contribution is 7.99. The van der Waals surface area contributed by atoms with Crippen LogP contribution in [0.3, 0.4) is 0 Å². The molecule has 1 aromatic carbocycles. The average Bonchev–Trinajstić information content (AvgIpc) is 3.39. The number of carbonyl (C=O) groups is 2. The van der Waals surface area contributed by atoms with Gasteiger partial charge in [-0.1, -0.05) is 18.2 Å². The molecule has 0 aliphatic carbocycles. The van der Waals surface area contributed by atoms with Gasteiger partial charge < -0.3 is 0 Å². The number of hydrogen-bond acceptors (Lipinski definition) is 6. The summed E-state index contributed by atoms with van der Waals surface area (Å²) >= 11 is 1.26. The molecule has 0 unspecified atom stereocenters. The van der Waals surface area contributed by atoms with E-state index in [9.17, 15) is 14.0 Å². The zero-order valence-electron chi connectivity index (χ0n) is 17.1. The van der Waals surface area contributed by atoms with Crippen molar-refractivity contribution >= 4 is 23.6 Å². The van der Waals surface area contributed by atoms with Crippen LogP contribution in [0.5, 0.6) is 0 Å². The van der Waals surface area contributed by atoms with Crippen molar-refractivity contribution in [3.05, 3.63) is 35.9 Å². The van der Waals surface area contributed by atoms with Gasteiger partial charge >= 0.3 is 0 Å². The molecule has 0 saturated carbocycles. The number of imide groups is 1. The number of halogens is 1. The van der Waals surface area contributed by atoms with Crippen LogP contribution in [0.2, 0.25) is 0 Å². The molecular weight excluding hydrogens is 405 g/mol. The first-order valence-electron chi connectivity index (χ1n) is 10.5. The lowest BCUT2D eigenvalue weighted by Crippen LogP contribution is -2.34. The van der Waals surface area contributed by atoms with Crippen LogP contribution in [0, 0.1) is 5.82 Å². The summed E-state index contributed by atoms with van der Waals surface area (Å²) < 4.78 is 15.4. The van der Waals surface area contributed by atoms with E-state index in [0.717, 1.165) is 43.9 Å². The van der Waals surface area contributed by atoms with Gasteiger partial charge in [-0.15, -0.1) is 10.2 Å². The summed E-state index contributed by atoms with van der Waals surface area (Å²) in [5, 5.41) is 9.36. The van der Waals surface area contributed by atoms with Crippen molar-refractivity contribution in [2.45, 2.75) is 50.2 Å². The molecule has 9 heteroatoms. The molecule has 0 bridgehead atoms. The van der Waals surface area contributed by atoms with Gasteiger partial charge in [0, 0.05) is 18.7 Å². The lowest BCUT2D eigenvalue weighted by Gasteiger charge is -2.31. The molecule has 1 aromatic heterocycles. The molecular formula is C21H26FN5O2S. The standard InChI is InChI=1S/C21H26FN5O2S/c1-15(25-11-3-2-4-12-25)20-23-24-21(27(20)17-9-7-16(22)8-10-17)30-14-19(29)26-13-5-6-18(26)28/h7-10,15H,2-6,11-14H2,1H3/t15-/m0/s1. The van der Waals surface area contributed by atoms with Crippen LogP contribution >= 0.6 is 11.8 Å². The van der Waals surface area contributed by atoms with Crippen molar-refractivity contribution in [1.29, 1.82) is 0 Å². The summed E-state index contributed by atoms with van der Waals surface area (Å²) in [4.78, 5) is 28.0. The summed E-state index contributed by atoms with van der Waals surface area (Å²) in [6.45, 7) is 4.61. The fraction of sp³-hybridized carbons (Fsp3) is 0.524. The third-order valence-corrected chi connectivity index (χ3v) is 6.67. The predicted octanol–water partition coefficient (Wildman–Crippen LogP) is 3.19. The number of carbonyl (C=O) groups excluding carboxylic acids is 2. The molecule has 2 aliphatic rings. The highest BCUT2D eigenvalue weighted by Gasteiger charge is 2.28. The summed E-state index contributed by atoms with van der Waals surface area (Å²) in [6.07, 6.45) is 4.72. The zero-order chi connectivity index (χ0) is 21.1. The Morgan fingerprint density at radius 1 is 1.10 bits per heavy atom. The molecule has 2 fully saturated rings. The van der Waals surface area contributed by atoms with Gasteiger partial charge in [0.25, 0.3) is 0 Å². The molecule has 0 spiro atoms. The smallest absolute Gasteiger partial charge is 0.239 e. The highest BCUT2D eigenvalue weighted by Crippen LogP contribution is 2.29.